The number of hydrogen-bond donors (Lipinski definition) is 2. The van der Waals surface area contributed by atoms with Crippen molar-refractivity contribution in [3.63, 3.8) is 0 Å². The van der Waals surface area contributed by atoms with E-state index in [1.54, 1.807) is 12.1 Å². The van der Waals surface area contributed by atoms with E-state index in [-0.39, 0.29) is 11.8 Å². The lowest BCUT2D eigenvalue weighted by Gasteiger charge is -2.36. The van der Waals surface area contributed by atoms with Crippen molar-refractivity contribution < 1.29 is 5.11 Å². The zero-order chi connectivity index (χ0) is 14.7. The Morgan fingerprint density at radius 3 is 2.45 bits per heavy atom. The van der Waals surface area contributed by atoms with Crippen LogP contribution in [0.2, 0.25) is 10.0 Å². The summed E-state index contributed by atoms with van der Waals surface area (Å²) in [5.41, 5.74) is 0.812. The summed E-state index contributed by atoms with van der Waals surface area (Å²) in [4.78, 5) is 2.39. The van der Waals surface area contributed by atoms with Gasteiger partial charge in [0, 0.05) is 42.8 Å². The van der Waals surface area contributed by atoms with Crippen LogP contribution in [-0.4, -0.2) is 36.2 Å². The lowest BCUT2D eigenvalue weighted by atomic mass is 9.94. The van der Waals surface area contributed by atoms with Crippen LogP contribution in [0.5, 0.6) is 5.75 Å². The van der Waals surface area contributed by atoms with Gasteiger partial charge in [-0.25, -0.2) is 0 Å². The molecule has 1 saturated heterocycles. The molecule has 1 fully saturated rings. The first-order valence-corrected chi connectivity index (χ1v) is 7.87. The van der Waals surface area contributed by atoms with Gasteiger partial charge in [-0.05, 0) is 24.5 Å². The number of benzene rings is 1. The molecule has 0 aliphatic carbocycles. The molecule has 1 atom stereocenters. The maximum absolute atomic E-state index is 10.3. The van der Waals surface area contributed by atoms with E-state index in [0.717, 1.165) is 38.2 Å². The van der Waals surface area contributed by atoms with Crippen LogP contribution in [0.1, 0.15) is 31.9 Å². The fourth-order valence-corrected chi connectivity index (χ4v) is 3.40. The Morgan fingerprint density at radius 2 is 1.90 bits per heavy atom. The minimum absolute atomic E-state index is 0.141. The second kappa shape index (κ2) is 6.99. The van der Waals surface area contributed by atoms with Crippen molar-refractivity contribution in [3.8, 4) is 5.75 Å². The summed E-state index contributed by atoms with van der Waals surface area (Å²) in [6.45, 7) is 8.26. The Balaban J connectivity index is 2.35. The molecule has 0 aromatic heterocycles. The SMILES string of the molecule is CC(C)C[C@H](c1c(O)cc(Cl)cc1Cl)N1CCNCC1. The second-order valence-corrected chi connectivity index (χ2v) is 6.60. The Morgan fingerprint density at radius 1 is 1.25 bits per heavy atom. The number of phenols is 1. The number of piperazine rings is 1. The third kappa shape index (κ3) is 3.79. The van der Waals surface area contributed by atoms with Crippen LogP contribution in [0.25, 0.3) is 0 Å². The predicted octanol–water partition coefficient (Wildman–Crippen LogP) is 3.69. The van der Waals surface area contributed by atoms with Gasteiger partial charge >= 0.3 is 0 Å². The molecule has 3 nitrogen and oxygen atoms in total. The fourth-order valence-electron chi connectivity index (χ4n) is 2.79. The summed E-state index contributed by atoms with van der Waals surface area (Å²) in [6, 6.07) is 3.44. The van der Waals surface area contributed by atoms with Crippen LogP contribution < -0.4 is 5.32 Å². The molecule has 1 aliphatic rings. The van der Waals surface area contributed by atoms with Crippen LogP contribution in [0.3, 0.4) is 0 Å². The molecule has 0 unspecified atom stereocenters. The van der Waals surface area contributed by atoms with Gasteiger partial charge in [-0.15, -0.1) is 0 Å². The van der Waals surface area contributed by atoms with Crippen LogP contribution in [0.15, 0.2) is 12.1 Å². The number of hydrogen-bond acceptors (Lipinski definition) is 3. The third-order valence-corrected chi connectivity index (χ3v) is 4.22. The summed E-state index contributed by atoms with van der Waals surface area (Å²) in [5, 5.41) is 14.7. The number of rotatable bonds is 4. The van der Waals surface area contributed by atoms with E-state index < -0.39 is 0 Å². The smallest absolute Gasteiger partial charge is 0.123 e. The molecule has 2 rings (SSSR count). The molecule has 0 spiro atoms. The molecule has 5 heteroatoms. The van der Waals surface area contributed by atoms with E-state index in [0.29, 0.717) is 16.0 Å². The first-order valence-electron chi connectivity index (χ1n) is 7.11. The maximum atomic E-state index is 10.3. The van der Waals surface area contributed by atoms with Gasteiger partial charge in [-0.2, -0.15) is 0 Å². The standard InChI is InChI=1S/C15H22Cl2N2O/c1-10(2)7-13(19-5-3-18-4-6-19)15-12(17)8-11(16)9-14(15)20/h8-10,13,18,20H,3-7H2,1-2H3/t13-/m1/s1. The van der Waals surface area contributed by atoms with Gasteiger partial charge in [0.25, 0.3) is 0 Å². The van der Waals surface area contributed by atoms with Crippen molar-refractivity contribution in [2.45, 2.75) is 26.3 Å². The lowest BCUT2D eigenvalue weighted by molar-refractivity contribution is 0.152. The molecular weight excluding hydrogens is 295 g/mol. The van der Waals surface area contributed by atoms with Gasteiger partial charge in [0.05, 0.1) is 5.02 Å². The molecule has 112 valence electrons. The van der Waals surface area contributed by atoms with Crippen LogP contribution in [0, 0.1) is 5.92 Å². The van der Waals surface area contributed by atoms with Crippen molar-refractivity contribution in [2.24, 2.45) is 5.92 Å². The molecule has 20 heavy (non-hydrogen) atoms. The summed E-state index contributed by atoms with van der Waals surface area (Å²) >= 11 is 12.3. The van der Waals surface area contributed by atoms with Gasteiger partial charge in [0.1, 0.15) is 5.75 Å². The van der Waals surface area contributed by atoms with E-state index in [9.17, 15) is 5.11 Å². The van der Waals surface area contributed by atoms with Crippen molar-refractivity contribution in [2.75, 3.05) is 26.2 Å². The summed E-state index contributed by atoms with van der Waals surface area (Å²) in [5.74, 6) is 0.729. The largest absolute Gasteiger partial charge is 0.508 e. The fraction of sp³-hybridized carbons (Fsp3) is 0.600. The first kappa shape index (κ1) is 15.9. The molecule has 1 aliphatic heterocycles. The highest BCUT2D eigenvalue weighted by atomic mass is 35.5. The number of halogens is 2. The van der Waals surface area contributed by atoms with Crippen LogP contribution in [0.4, 0.5) is 0 Å². The van der Waals surface area contributed by atoms with Crippen LogP contribution >= 0.6 is 23.2 Å². The Bertz CT molecular complexity index is 436. The number of nitrogens with zero attached hydrogens (tertiary/aromatic N) is 1. The third-order valence-electron chi connectivity index (χ3n) is 3.69. The summed E-state index contributed by atoms with van der Waals surface area (Å²) in [7, 11) is 0. The van der Waals surface area contributed by atoms with E-state index in [2.05, 4.69) is 24.1 Å². The maximum Gasteiger partial charge on any atom is 0.123 e. The molecule has 1 aromatic carbocycles. The molecule has 0 amide bonds. The Labute approximate surface area is 130 Å². The quantitative estimate of drug-likeness (QED) is 0.889. The van der Waals surface area contributed by atoms with Gasteiger partial charge in [-0.3, -0.25) is 4.90 Å². The number of aromatic hydroxyl groups is 1. The molecular formula is C15H22Cl2N2O. The van der Waals surface area contributed by atoms with Crippen molar-refractivity contribution >= 4 is 23.2 Å². The first-order chi connectivity index (χ1) is 9.49. The number of phenolic OH excluding ortho intramolecular Hbond substituents is 1. The van der Waals surface area contributed by atoms with Crippen molar-refractivity contribution in [3.05, 3.63) is 27.7 Å². The normalized spacial score (nSPS) is 18.4. The molecule has 1 aromatic rings. The molecule has 0 radical (unpaired) electrons. The molecule has 0 saturated carbocycles. The monoisotopic (exact) mass is 316 g/mol. The Hall–Kier alpha value is -0.480. The van der Waals surface area contributed by atoms with Gasteiger partial charge in [0.2, 0.25) is 0 Å². The second-order valence-electron chi connectivity index (χ2n) is 5.75. The lowest BCUT2D eigenvalue weighted by Crippen LogP contribution is -2.45. The minimum atomic E-state index is 0.141. The minimum Gasteiger partial charge on any atom is -0.508 e. The van der Waals surface area contributed by atoms with E-state index in [1.165, 1.54) is 0 Å². The molecule has 1 heterocycles. The predicted molar refractivity (Wildman–Crippen MR) is 84.8 cm³/mol. The number of nitrogens with one attached hydrogen (secondary N) is 1. The topological polar surface area (TPSA) is 35.5 Å². The average Bonchev–Trinajstić information content (AvgIpc) is 2.37. The van der Waals surface area contributed by atoms with Crippen LogP contribution in [-0.2, 0) is 0 Å². The van der Waals surface area contributed by atoms with Gasteiger partial charge < -0.3 is 10.4 Å². The zero-order valence-electron chi connectivity index (χ0n) is 12.0. The molecule has 2 N–H and O–H groups in total. The average molecular weight is 317 g/mol. The Kier molecular flexibility index (Phi) is 5.56. The molecule has 0 bridgehead atoms. The highest BCUT2D eigenvalue weighted by Gasteiger charge is 2.27. The van der Waals surface area contributed by atoms with E-state index >= 15 is 0 Å². The van der Waals surface area contributed by atoms with E-state index in [4.69, 9.17) is 23.2 Å². The van der Waals surface area contributed by atoms with Gasteiger partial charge in [0.15, 0.2) is 0 Å². The highest BCUT2D eigenvalue weighted by molar-refractivity contribution is 6.35. The van der Waals surface area contributed by atoms with Gasteiger partial charge in [-0.1, -0.05) is 37.0 Å². The van der Waals surface area contributed by atoms with Crippen molar-refractivity contribution in [1.82, 2.24) is 10.2 Å². The van der Waals surface area contributed by atoms with E-state index in [1.807, 2.05) is 0 Å². The van der Waals surface area contributed by atoms with Crippen molar-refractivity contribution in [1.29, 1.82) is 0 Å². The zero-order valence-corrected chi connectivity index (χ0v) is 13.5. The highest BCUT2D eigenvalue weighted by Crippen LogP contribution is 2.40. The summed E-state index contributed by atoms with van der Waals surface area (Å²) in [6.07, 6.45) is 0.967. The summed E-state index contributed by atoms with van der Waals surface area (Å²) < 4.78 is 0.